The summed E-state index contributed by atoms with van der Waals surface area (Å²) in [6.07, 6.45) is 2.70. The summed E-state index contributed by atoms with van der Waals surface area (Å²) in [5.74, 6) is 0.876. The molecule has 0 saturated carbocycles. The minimum Gasteiger partial charge on any atom is -0.467 e. The predicted octanol–water partition coefficient (Wildman–Crippen LogP) is 2.74. The first-order valence-electron chi connectivity index (χ1n) is 5.89. The van der Waals surface area contributed by atoms with Gasteiger partial charge in [-0.1, -0.05) is 18.2 Å². The van der Waals surface area contributed by atoms with Crippen molar-refractivity contribution in [1.82, 2.24) is 0 Å². The van der Waals surface area contributed by atoms with Gasteiger partial charge in [0.15, 0.2) is 0 Å². The summed E-state index contributed by atoms with van der Waals surface area (Å²) >= 11 is 0. The molecule has 1 aromatic carbocycles. The fourth-order valence-corrected chi connectivity index (χ4v) is 2.37. The third-order valence-corrected chi connectivity index (χ3v) is 3.20. The molecule has 2 atom stereocenters. The van der Waals surface area contributed by atoms with Gasteiger partial charge in [-0.2, -0.15) is 0 Å². The molecule has 3 nitrogen and oxygen atoms in total. The standard InChI is InChI=1S/C14H15NO2/c16-11-8-10-4-1-2-5-12(10)15-13(9-11)14-6-3-7-17-14/h1-7,11,13,15-16H,8-9H2/t11-,13+/m1/s1. The molecular formula is C14H15NO2. The molecule has 0 amide bonds. The van der Waals surface area contributed by atoms with E-state index in [1.807, 2.05) is 30.3 Å². The number of aliphatic hydroxyl groups excluding tert-OH is 1. The minimum atomic E-state index is -0.332. The maximum absolute atomic E-state index is 10.0. The number of rotatable bonds is 1. The van der Waals surface area contributed by atoms with Gasteiger partial charge in [0.25, 0.3) is 0 Å². The number of para-hydroxylation sites is 1. The van der Waals surface area contributed by atoms with Crippen LogP contribution in [0.2, 0.25) is 0 Å². The maximum atomic E-state index is 10.0. The molecule has 2 aromatic rings. The lowest BCUT2D eigenvalue weighted by atomic mass is 10.0. The number of anilines is 1. The van der Waals surface area contributed by atoms with Crippen LogP contribution < -0.4 is 5.32 Å². The van der Waals surface area contributed by atoms with E-state index in [1.54, 1.807) is 6.26 Å². The topological polar surface area (TPSA) is 45.4 Å². The van der Waals surface area contributed by atoms with E-state index in [-0.39, 0.29) is 12.1 Å². The van der Waals surface area contributed by atoms with Crippen LogP contribution in [0.3, 0.4) is 0 Å². The molecule has 0 spiro atoms. The number of benzene rings is 1. The average molecular weight is 229 g/mol. The Hall–Kier alpha value is -1.74. The van der Waals surface area contributed by atoms with Crippen LogP contribution in [-0.4, -0.2) is 11.2 Å². The molecule has 1 aliphatic heterocycles. The van der Waals surface area contributed by atoms with Gasteiger partial charge in [0.1, 0.15) is 5.76 Å². The summed E-state index contributed by atoms with van der Waals surface area (Å²) in [5.41, 5.74) is 2.25. The van der Waals surface area contributed by atoms with E-state index in [1.165, 1.54) is 0 Å². The zero-order valence-corrected chi connectivity index (χ0v) is 9.47. The summed E-state index contributed by atoms with van der Waals surface area (Å²) in [5, 5.41) is 13.5. The van der Waals surface area contributed by atoms with Crippen LogP contribution in [0, 0.1) is 0 Å². The zero-order valence-electron chi connectivity index (χ0n) is 9.47. The second-order valence-electron chi connectivity index (χ2n) is 4.46. The highest BCUT2D eigenvalue weighted by Crippen LogP contribution is 2.31. The molecule has 2 N–H and O–H groups in total. The number of hydrogen-bond acceptors (Lipinski definition) is 3. The van der Waals surface area contributed by atoms with Crippen LogP contribution in [0.1, 0.15) is 23.8 Å². The highest BCUT2D eigenvalue weighted by Gasteiger charge is 2.24. The summed E-state index contributed by atoms with van der Waals surface area (Å²) in [4.78, 5) is 0. The van der Waals surface area contributed by atoms with E-state index >= 15 is 0 Å². The summed E-state index contributed by atoms with van der Waals surface area (Å²) in [6, 6.07) is 12.0. The van der Waals surface area contributed by atoms with Gasteiger partial charge < -0.3 is 14.8 Å². The molecule has 0 fully saturated rings. The number of fused-ring (bicyclic) bond motifs is 1. The Morgan fingerprint density at radius 1 is 1.18 bits per heavy atom. The first-order chi connectivity index (χ1) is 8.33. The quantitative estimate of drug-likeness (QED) is 0.790. The molecule has 0 bridgehead atoms. The Morgan fingerprint density at radius 2 is 2.06 bits per heavy atom. The molecule has 0 unspecified atom stereocenters. The van der Waals surface area contributed by atoms with E-state index in [0.717, 1.165) is 17.0 Å². The van der Waals surface area contributed by atoms with Gasteiger partial charge in [0.2, 0.25) is 0 Å². The molecule has 17 heavy (non-hydrogen) atoms. The first-order valence-corrected chi connectivity index (χ1v) is 5.89. The van der Waals surface area contributed by atoms with E-state index in [9.17, 15) is 5.11 Å². The smallest absolute Gasteiger partial charge is 0.126 e. The molecule has 0 aliphatic carbocycles. The highest BCUT2D eigenvalue weighted by molar-refractivity contribution is 5.53. The molecule has 3 rings (SSSR count). The van der Waals surface area contributed by atoms with Crippen molar-refractivity contribution in [3.05, 3.63) is 54.0 Å². The predicted molar refractivity (Wildman–Crippen MR) is 65.8 cm³/mol. The fourth-order valence-electron chi connectivity index (χ4n) is 2.37. The largest absolute Gasteiger partial charge is 0.467 e. The summed E-state index contributed by atoms with van der Waals surface area (Å²) in [6.45, 7) is 0. The van der Waals surface area contributed by atoms with Gasteiger partial charge >= 0.3 is 0 Å². The first kappa shape index (κ1) is 10.4. The molecule has 1 aromatic heterocycles. The van der Waals surface area contributed by atoms with E-state index in [2.05, 4.69) is 11.4 Å². The van der Waals surface area contributed by atoms with Crippen molar-refractivity contribution < 1.29 is 9.52 Å². The lowest BCUT2D eigenvalue weighted by Gasteiger charge is -2.16. The Morgan fingerprint density at radius 3 is 2.88 bits per heavy atom. The van der Waals surface area contributed by atoms with Gasteiger partial charge in [-0.25, -0.2) is 0 Å². The number of furan rings is 1. The maximum Gasteiger partial charge on any atom is 0.126 e. The van der Waals surface area contributed by atoms with Crippen LogP contribution in [0.4, 0.5) is 5.69 Å². The van der Waals surface area contributed by atoms with Crippen molar-refractivity contribution in [2.75, 3.05) is 5.32 Å². The fraction of sp³-hybridized carbons (Fsp3) is 0.286. The number of nitrogens with one attached hydrogen (secondary N) is 1. The molecule has 2 heterocycles. The van der Waals surface area contributed by atoms with E-state index < -0.39 is 0 Å². The number of aliphatic hydroxyl groups is 1. The van der Waals surface area contributed by atoms with Gasteiger partial charge in [-0.3, -0.25) is 0 Å². The van der Waals surface area contributed by atoms with Crippen LogP contribution in [0.25, 0.3) is 0 Å². The second-order valence-corrected chi connectivity index (χ2v) is 4.46. The molecule has 88 valence electrons. The van der Waals surface area contributed by atoms with Crippen molar-refractivity contribution in [3.8, 4) is 0 Å². The highest BCUT2D eigenvalue weighted by atomic mass is 16.3. The van der Waals surface area contributed by atoms with Crippen LogP contribution in [0.15, 0.2) is 47.1 Å². The summed E-state index contributed by atoms with van der Waals surface area (Å²) in [7, 11) is 0. The Balaban J connectivity index is 1.95. The average Bonchev–Trinajstić information content (AvgIpc) is 2.79. The van der Waals surface area contributed by atoms with Gasteiger partial charge in [0.05, 0.1) is 18.4 Å². The molecular weight excluding hydrogens is 214 g/mol. The van der Waals surface area contributed by atoms with Gasteiger partial charge in [0, 0.05) is 18.5 Å². The minimum absolute atomic E-state index is 0.0450. The van der Waals surface area contributed by atoms with Crippen molar-refractivity contribution in [3.63, 3.8) is 0 Å². The second kappa shape index (κ2) is 4.26. The lowest BCUT2D eigenvalue weighted by molar-refractivity contribution is 0.158. The molecule has 1 aliphatic rings. The van der Waals surface area contributed by atoms with Gasteiger partial charge in [-0.05, 0) is 23.8 Å². The SMILES string of the molecule is O[C@@H]1Cc2ccccc2N[C@H](c2ccco2)C1. The Kier molecular flexibility index (Phi) is 2.61. The third-order valence-electron chi connectivity index (χ3n) is 3.20. The van der Waals surface area contributed by atoms with E-state index in [4.69, 9.17) is 4.42 Å². The van der Waals surface area contributed by atoms with Crippen molar-refractivity contribution in [2.24, 2.45) is 0 Å². The Bertz CT molecular complexity index is 493. The Labute approximate surface area is 100 Å². The van der Waals surface area contributed by atoms with Gasteiger partial charge in [-0.15, -0.1) is 0 Å². The number of hydrogen-bond donors (Lipinski definition) is 2. The van der Waals surface area contributed by atoms with Crippen molar-refractivity contribution in [1.29, 1.82) is 0 Å². The molecule has 0 radical (unpaired) electrons. The van der Waals surface area contributed by atoms with Crippen LogP contribution in [-0.2, 0) is 6.42 Å². The zero-order chi connectivity index (χ0) is 11.7. The third kappa shape index (κ3) is 2.06. The molecule has 3 heteroatoms. The van der Waals surface area contributed by atoms with Crippen LogP contribution in [0.5, 0.6) is 0 Å². The van der Waals surface area contributed by atoms with Crippen molar-refractivity contribution in [2.45, 2.75) is 25.0 Å². The van der Waals surface area contributed by atoms with Crippen molar-refractivity contribution >= 4 is 5.69 Å². The summed E-state index contributed by atoms with van der Waals surface area (Å²) < 4.78 is 5.42. The van der Waals surface area contributed by atoms with Crippen LogP contribution >= 0.6 is 0 Å². The normalized spacial score (nSPS) is 23.6. The lowest BCUT2D eigenvalue weighted by Crippen LogP contribution is -2.15. The monoisotopic (exact) mass is 229 g/mol. The molecule has 0 saturated heterocycles. The van der Waals surface area contributed by atoms with E-state index in [0.29, 0.717) is 12.8 Å².